The summed E-state index contributed by atoms with van der Waals surface area (Å²) in [5, 5.41) is 0. The molecule has 0 aromatic rings. The van der Waals surface area contributed by atoms with Gasteiger partial charge in [-0.1, -0.05) is 75.3 Å². The lowest BCUT2D eigenvalue weighted by atomic mass is 10.1. The van der Waals surface area contributed by atoms with E-state index in [0.717, 1.165) is 32.1 Å². The first-order chi connectivity index (χ1) is 12.2. The van der Waals surface area contributed by atoms with Gasteiger partial charge in [0.1, 0.15) is 0 Å². The third-order valence-electron chi connectivity index (χ3n) is 3.91. The normalized spacial score (nSPS) is 13.6. The van der Waals surface area contributed by atoms with Crippen LogP contribution in [0, 0.1) is 5.92 Å². The van der Waals surface area contributed by atoms with E-state index in [9.17, 15) is 4.79 Å². The second-order valence-electron chi connectivity index (χ2n) is 6.32. The van der Waals surface area contributed by atoms with Crippen molar-refractivity contribution in [3.8, 4) is 0 Å². The minimum absolute atomic E-state index is 0.00836. The largest absolute Gasteiger partial charge is 0.466 e. The molecule has 0 rings (SSSR count). The summed E-state index contributed by atoms with van der Waals surface area (Å²) in [4.78, 5) is 11.5. The van der Waals surface area contributed by atoms with Crippen LogP contribution in [0.15, 0.2) is 48.6 Å². The molecule has 0 saturated heterocycles. The van der Waals surface area contributed by atoms with Gasteiger partial charge in [0, 0.05) is 0 Å². The van der Waals surface area contributed by atoms with E-state index in [0.29, 0.717) is 6.61 Å². The summed E-state index contributed by atoms with van der Waals surface area (Å²) < 4.78 is 5.00. The van der Waals surface area contributed by atoms with E-state index in [-0.39, 0.29) is 11.9 Å². The highest BCUT2D eigenvalue weighted by atomic mass is 16.5. The second kappa shape index (κ2) is 18.8. The Balaban J connectivity index is 3.56. The Morgan fingerprint density at radius 1 is 0.800 bits per heavy atom. The SMILES string of the molecule is CCCCCC=CCC=CCC=CCC=CCCC(C)C(=O)OCC. The maximum atomic E-state index is 11.5. The van der Waals surface area contributed by atoms with Crippen molar-refractivity contribution in [3.63, 3.8) is 0 Å². The van der Waals surface area contributed by atoms with E-state index in [1.54, 1.807) is 0 Å². The molecular weight excluding hydrogens is 308 g/mol. The number of hydrogen-bond acceptors (Lipinski definition) is 2. The van der Waals surface area contributed by atoms with Gasteiger partial charge in [-0.05, 0) is 51.9 Å². The molecule has 2 nitrogen and oxygen atoms in total. The van der Waals surface area contributed by atoms with Gasteiger partial charge in [0.2, 0.25) is 0 Å². The molecule has 0 amide bonds. The first kappa shape index (κ1) is 23.4. The van der Waals surface area contributed by atoms with Gasteiger partial charge in [-0.3, -0.25) is 4.79 Å². The third-order valence-corrected chi connectivity index (χ3v) is 3.91. The van der Waals surface area contributed by atoms with Crippen molar-refractivity contribution in [2.75, 3.05) is 6.61 Å². The molecule has 0 aromatic heterocycles. The van der Waals surface area contributed by atoms with Crippen molar-refractivity contribution in [1.29, 1.82) is 0 Å². The van der Waals surface area contributed by atoms with Crippen LogP contribution >= 0.6 is 0 Å². The number of hydrogen-bond donors (Lipinski definition) is 0. The maximum absolute atomic E-state index is 11.5. The third kappa shape index (κ3) is 17.1. The lowest BCUT2D eigenvalue weighted by molar-refractivity contribution is -0.147. The van der Waals surface area contributed by atoms with Crippen molar-refractivity contribution in [2.45, 2.75) is 78.6 Å². The quantitative estimate of drug-likeness (QED) is 0.182. The van der Waals surface area contributed by atoms with E-state index in [1.165, 1.54) is 25.7 Å². The Bertz CT molecular complexity index is 416. The molecule has 0 aliphatic heterocycles. The average molecular weight is 347 g/mol. The van der Waals surface area contributed by atoms with Crippen LogP contribution in [0.2, 0.25) is 0 Å². The molecule has 0 heterocycles. The summed E-state index contributed by atoms with van der Waals surface area (Å²) in [7, 11) is 0. The van der Waals surface area contributed by atoms with Crippen LogP contribution in [0.3, 0.4) is 0 Å². The molecule has 0 spiro atoms. The maximum Gasteiger partial charge on any atom is 0.308 e. The number of carbonyl (C=O) groups excluding carboxylic acids is 1. The molecule has 0 aliphatic rings. The summed E-state index contributed by atoms with van der Waals surface area (Å²) in [6.07, 6.45) is 27.7. The van der Waals surface area contributed by atoms with Gasteiger partial charge in [-0.15, -0.1) is 0 Å². The van der Waals surface area contributed by atoms with Crippen molar-refractivity contribution in [2.24, 2.45) is 5.92 Å². The predicted molar refractivity (Wildman–Crippen MR) is 110 cm³/mol. The van der Waals surface area contributed by atoms with Gasteiger partial charge in [-0.25, -0.2) is 0 Å². The molecule has 1 unspecified atom stereocenters. The van der Waals surface area contributed by atoms with Crippen molar-refractivity contribution in [3.05, 3.63) is 48.6 Å². The van der Waals surface area contributed by atoms with Gasteiger partial charge in [-0.2, -0.15) is 0 Å². The first-order valence-electron chi connectivity index (χ1n) is 9.98. The molecule has 25 heavy (non-hydrogen) atoms. The molecule has 0 radical (unpaired) electrons. The molecule has 142 valence electrons. The zero-order valence-corrected chi connectivity index (χ0v) is 16.6. The molecule has 0 fully saturated rings. The number of esters is 1. The fraction of sp³-hybridized carbons (Fsp3) is 0.609. The topological polar surface area (TPSA) is 26.3 Å². The molecule has 1 atom stereocenters. The van der Waals surface area contributed by atoms with Gasteiger partial charge in [0.25, 0.3) is 0 Å². The molecule has 0 aromatic carbocycles. The molecular formula is C23H38O2. The van der Waals surface area contributed by atoms with Crippen LogP contribution in [0.25, 0.3) is 0 Å². The second-order valence-corrected chi connectivity index (χ2v) is 6.32. The molecule has 0 aliphatic carbocycles. The smallest absolute Gasteiger partial charge is 0.308 e. The monoisotopic (exact) mass is 346 g/mol. The van der Waals surface area contributed by atoms with E-state index >= 15 is 0 Å². The van der Waals surface area contributed by atoms with Crippen molar-refractivity contribution < 1.29 is 9.53 Å². The molecule has 0 saturated carbocycles. The zero-order valence-electron chi connectivity index (χ0n) is 16.6. The standard InChI is InChI=1S/C23H38O2/c1-4-6-7-8-9-10-11-12-13-14-15-16-17-18-19-20-21-22(3)23(24)25-5-2/h9-10,12-13,15-16,18-19,22H,4-8,11,14,17,20-21H2,1-3H3. The summed E-state index contributed by atoms with van der Waals surface area (Å²) in [6, 6.07) is 0. The Labute approximate surface area is 155 Å². The fourth-order valence-electron chi connectivity index (χ4n) is 2.31. The zero-order chi connectivity index (χ0) is 18.6. The van der Waals surface area contributed by atoms with Crippen LogP contribution in [0.1, 0.15) is 78.6 Å². The number of ether oxygens (including phenoxy) is 1. The lowest BCUT2D eigenvalue weighted by Gasteiger charge is -2.08. The van der Waals surface area contributed by atoms with Gasteiger partial charge >= 0.3 is 5.97 Å². The number of rotatable bonds is 15. The minimum Gasteiger partial charge on any atom is -0.466 e. The van der Waals surface area contributed by atoms with E-state index in [4.69, 9.17) is 4.74 Å². The number of allylic oxidation sites excluding steroid dienone is 8. The van der Waals surface area contributed by atoms with E-state index in [1.807, 2.05) is 13.8 Å². The number of carbonyl (C=O) groups is 1. The minimum atomic E-state index is -0.0848. The number of unbranched alkanes of at least 4 members (excludes halogenated alkanes) is 3. The van der Waals surface area contributed by atoms with Crippen LogP contribution in [-0.2, 0) is 9.53 Å². The Morgan fingerprint density at radius 2 is 1.32 bits per heavy atom. The lowest BCUT2D eigenvalue weighted by Crippen LogP contribution is -2.14. The van der Waals surface area contributed by atoms with Crippen LogP contribution in [-0.4, -0.2) is 12.6 Å². The van der Waals surface area contributed by atoms with E-state index in [2.05, 4.69) is 55.5 Å². The first-order valence-corrected chi connectivity index (χ1v) is 9.98. The Kier molecular flexibility index (Phi) is 17.6. The van der Waals surface area contributed by atoms with Crippen LogP contribution in [0.4, 0.5) is 0 Å². The molecule has 0 N–H and O–H groups in total. The summed E-state index contributed by atoms with van der Waals surface area (Å²) in [5.74, 6) is -0.0932. The Morgan fingerprint density at radius 3 is 1.84 bits per heavy atom. The van der Waals surface area contributed by atoms with Gasteiger partial charge < -0.3 is 4.74 Å². The van der Waals surface area contributed by atoms with Crippen LogP contribution < -0.4 is 0 Å². The summed E-state index contributed by atoms with van der Waals surface area (Å²) in [5.41, 5.74) is 0. The van der Waals surface area contributed by atoms with Crippen LogP contribution in [0.5, 0.6) is 0 Å². The highest BCUT2D eigenvalue weighted by Crippen LogP contribution is 2.08. The summed E-state index contributed by atoms with van der Waals surface area (Å²) >= 11 is 0. The van der Waals surface area contributed by atoms with E-state index < -0.39 is 0 Å². The highest BCUT2D eigenvalue weighted by molar-refractivity contribution is 5.71. The van der Waals surface area contributed by atoms with Gasteiger partial charge in [0.05, 0.1) is 12.5 Å². The molecule has 0 bridgehead atoms. The molecule has 2 heteroatoms. The average Bonchev–Trinajstić information content (AvgIpc) is 2.61. The summed E-state index contributed by atoms with van der Waals surface area (Å²) in [6.45, 7) is 6.48. The Hall–Kier alpha value is -1.57. The fourth-order valence-corrected chi connectivity index (χ4v) is 2.31. The van der Waals surface area contributed by atoms with Crippen molar-refractivity contribution >= 4 is 5.97 Å². The predicted octanol–water partition coefficient (Wildman–Crippen LogP) is 6.94. The van der Waals surface area contributed by atoms with Crippen molar-refractivity contribution in [1.82, 2.24) is 0 Å². The van der Waals surface area contributed by atoms with Gasteiger partial charge in [0.15, 0.2) is 0 Å². The highest BCUT2D eigenvalue weighted by Gasteiger charge is 2.11.